The van der Waals surface area contributed by atoms with E-state index in [0.717, 1.165) is 6.33 Å². The van der Waals surface area contributed by atoms with E-state index in [2.05, 4.69) is 20.3 Å². The van der Waals surface area contributed by atoms with Crippen molar-refractivity contribution in [2.45, 2.75) is 13.0 Å². The van der Waals surface area contributed by atoms with Crippen molar-refractivity contribution >= 4 is 39.9 Å². The topological polar surface area (TPSA) is 145 Å². The number of aromatic nitrogens is 5. The Labute approximate surface area is 231 Å². The van der Waals surface area contributed by atoms with Gasteiger partial charge in [-0.2, -0.15) is 4.39 Å². The molecule has 5 aromatic rings. The summed E-state index contributed by atoms with van der Waals surface area (Å²) in [5, 5.41) is 12.2. The van der Waals surface area contributed by atoms with Crippen molar-refractivity contribution in [3.05, 3.63) is 105 Å². The molecule has 3 aromatic heterocycles. The highest BCUT2D eigenvalue weighted by molar-refractivity contribution is 6.35. The van der Waals surface area contributed by atoms with Gasteiger partial charge in [0.15, 0.2) is 11.6 Å². The van der Waals surface area contributed by atoms with Crippen molar-refractivity contribution < 1.29 is 13.5 Å². The fourth-order valence-corrected chi connectivity index (χ4v) is 4.53. The first-order chi connectivity index (χ1) is 19.2. The highest BCUT2D eigenvalue weighted by Gasteiger charge is 2.25. The van der Waals surface area contributed by atoms with Crippen LogP contribution in [0.3, 0.4) is 0 Å². The van der Waals surface area contributed by atoms with Gasteiger partial charge in [0.1, 0.15) is 23.8 Å². The van der Waals surface area contributed by atoms with Gasteiger partial charge in [0, 0.05) is 11.8 Å². The fraction of sp³-hybridized carbons (Fsp3) is 0.111. The molecular weight excluding hydrogens is 542 g/mol. The second-order valence-electron chi connectivity index (χ2n) is 8.62. The van der Waals surface area contributed by atoms with Crippen LogP contribution in [-0.4, -0.2) is 37.3 Å². The molecule has 0 fully saturated rings. The number of hydrogen-bond acceptors (Lipinski definition) is 9. The molecule has 40 heavy (non-hydrogen) atoms. The van der Waals surface area contributed by atoms with Crippen LogP contribution in [0.2, 0.25) is 5.02 Å². The molecule has 4 N–H and O–H groups in total. The van der Waals surface area contributed by atoms with Gasteiger partial charge in [0.2, 0.25) is 5.82 Å². The van der Waals surface area contributed by atoms with E-state index in [9.17, 15) is 13.6 Å². The van der Waals surface area contributed by atoms with Crippen molar-refractivity contribution in [2.75, 3.05) is 18.2 Å². The third kappa shape index (κ3) is 4.58. The fourth-order valence-electron chi connectivity index (χ4n) is 4.27. The molecule has 0 unspecified atom stereocenters. The number of pyridine rings is 1. The zero-order chi connectivity index (χ0) is 28.6. The number of nitrogen functional groups attached to an aromatic ring is 1. The molecule has 0 radical (unpaired) electrons. The first-order valence-corrected chi connectivity index (χ1v) is 12.2. The minimum Gasteiger partial charge on any atom is -0.494 e. The maximum atomic E-state index is 14.9. The Bertz CT molecular complexity index is 1830. The Kier molecular flexibility index (Phi) is 7.09. The average molecular weight is 563 g/mol. The maximum Gasteiger partial charge on any atom is 0.267 e. The van der Waals surface area contributed by atoms with Gasteiger partial charge >= 0.3 is 0 Å². The molecule has 0 aliphatic rings. The smallest absolute Gasteiger partial charge is 0.267 e. The first-order valence-electron chi connectivity index (χ1n) is 11.8. The van der Waals surface area contributed by atoms with E-state index in [4.69, 9.17) is 32.5 Å². The molecule has 3 heterocycles. The van der Waals surface area contributed by atoms with Crippen molar-refractivity contribution in [3.8, 4) is 11.4 Å². The molecule has 202 valence electrons. The monoisotopic (exact) mass is 562 g/mol. The number of ether oxygens (including phenoxy) is 1. The quantitative estimate of drug-likeness (QED) is 0.242. The lowest BCUT2D eigenvalue weighted by molar-refractivity contribution is 0.371. The minimum atomic E-state index is -1.29. The number of anilines is 2. The van der Waals surface area contributed by atoms with E-state index >= 15 is 0 Å². The second-order valence-corrected chi connectivity index (χ2v) is 9.03. The van der Waals surface area contributed by atoms with Crippen LogP contribution in [0, 0.1) is 17.0 Å². The Hall–Kier alpha value is -4.97. The van der Waals surface area contributed by atoms with Crippen LogP contribution in [0.5, 0.6) is 5.75 Å². The Morgan fingerprint density at radius 3 is 2.67 bits per heavy atom. The number of nitrogens with one attached hydrogen (secondary N) is 2. The van der Waals surface area contributed by atoms with E-state index in [1.54, 1.807) is 43.5 Å². The van der Waals surface area contributed by atoms with E-state index in [-0.39, 0.29) is 44.7 Å². The van der Waals surface area contributed by atoms with Crippen molar-refractivity contribution in [1.82, 2.24) is 24.5 Å². The van der Waals surface area contributed by atoms with Gasteiger partial charge in [0.05, 0.1) is 52.2 Å². The van der Waals surface area contributed by atoms with E-state index in [0.29, 0.717) is 11.2 Å². The van der Waals surface area contributed by atoms with Gasteiger partial charge in [-0.1, -0.05) is 17.7 Å². The maximum absolute atomic E-state index is 14.9. The number of nitrogens with zero attached hydrogens (tertiary/aromatic N) is 5. The van der Waals surface area contributed by atoms with Crippen LogP contribution in [0.4, 0.5) is 20.4 Å². The highest BCUT2D eigenvalue weighted by atomic mass is 35.5. The van der Waals surface area contributed by atoms with Crippen LogP contribution >= 0.6 is 11.6 Å². The number of benzene rings is 2. The molecule has 0 spiro atoms. The SMILES string of the molecule is COc1ccc(C(=N)c2c(N)ncnc2N[C@H](C)c2nc3cccc(Cl)c3c(=O)n2-c2cccnc2)c(F)c1F. The lowest BCUT2D eigenvalue weighted by atomic mass is 10.0. The lowest BCUT2D eigenvalue weighted by Gasteiger charge is -2.22. The minimum absolute atomic E-state index is 0.0406. The van der Waals surface area contributed by atoms with Crippen molar-refractivity contribution in [2.24, 2.45) is 0 Å². The standard InChI is InChI=1S/C27H21ClF2N8O2/c1-13(26-37-17-7-3-6-16(28)19(17)27(39)38(26)14-5-4-10-33-11-14)36-25-20(24(32)34-12-35-25)23(31)15-8-9-18(40-2)22(30)21(15)29/h3-13,31H,1-2H3,(H3,32,34,35,36)/t13-/m1/s1. The summed E-state index contributed by atoms with van der Waals surface area (Å²) in [7, 11) is 1.20. The van der Waals surface area contributed by atoms with E-state index < -0.39 is 28.9 Å². The molecule has 0 aliphatic carbocycles. The molecule has 0 saturated heterocycles. The molecule has 0 aliphatic heterocycles. The van der Waals surface area contributed by atoms with Crippen molar-refractivity contribution in [3.63, 3.8) is 0 Å². The van der Waals surface area contributed by atoms with E-state index in [1.165, 1.54) is 30.0 Å². The van der Waals surface area contributed by atoms with Crippen molar-refractivity contribution in [1.29, 1.82) is 5.41 Å². The number of halogens is 3. The van der Waals surface area contributed by atoms with Gasteiger partial charge in [-0.25, -0.2) is 19.3 Å². The Balaban J connectivity index is 1.63. The van der Waals surface area contributed by atoms with Crippen LogP contribution in [0.25, 0.3) is 16.6 Å². The molecule has 1 atom stereocenters. The summed E-state index contributed by atoms with van der Waals surface area (Å²) >= 11 is 6.35. The molecule has 2 aromatic carbocycles. The van der Waals surface area contributed by atoms with Crippen LogP contribution in [-0.2, 0) is 0 Å². The Morgan fingerprint density at radius 1 is 1.15 bits per heavy atom. The first kappa shape index (κ1) is 26.6. The normalized spacial score (nSPS) is 11.8. The summed E-state index contributed by atoms with van der Waals surface area (Å²) in [5.74, 6) is -2.68. The zero-order valence-corrected chi connectivity index (χ0v) is 21.9. The summed E-state index contributed by atoms with van der Waals surface area (Å²) in [5.41, 5.74) is 5.57. The number of methoxy groups -OCH3 is 1. The predicted molar refractivity (Wildman–Crippen MR) is 147 cm³/mol. The zero-order valence-electron chi connectivity index (χ0n) is 21.1. The average Bonchev–Trinajstić information content (AvgIpc) is 2.94. The third-order valence-corrected chi connectivity index (χ3v) is 6.50. The predicted octanol–water partition coefficient (Wildman–Crippen LogP) is 4.68. The van der Waals surface area contributed by atoms with Gasteiger partial charge in [-0.15, -0.1) is 0 Å². The summed E-state index contributed by atoms with van der Waals surface area (Å²) in [6, 6.07) is 9.99. The van der Waals surface area contributed by atoms with Gasteiger partial charge in [-0.05, 0) is 43.3 Å². The molecular formula is C27H21ClF2N8O2. The van der Waals surface area contributed by atoms with Gasteiger partial charge in [-0.3, -0.25) is 19.8 Å². The van der Waals surface area contributed by atoms with Crippen LogP contribution < -0.4 is 21.3 Å². The Morgan fingerprint density at radius 2 is 1.95 bits per heavy atom. The molecule has 0 bridgehead atoms. The lowest BCUT2D eigenvalue weighted by Crippen LogP contribution is -2.28. The molecule has 10 nitrogen and oxygen atoms in total. The highest BCUT2D eigenvalue weighted by Crippen LogP contribution is 2.30. The van der Waals surface area contributed by atoms with Gasteiger partial charge in [0.25, 0.3) is 5.56 Å². The number of hydrogen-bond donors (Lipinski definition) is 3. The number of rotatable bonds is 7. The summed E-state index contributed by atoms with van der Waals surface area (Å²) in [4.78, 5) is 30.6. The molecule has 0 saturated carbocycles. The largest absolute Gasteiger partial charge is 0.494 e. The van der Waals surface area contributed by atoms with Crippen LogP contribution in [0.15, 0.2) is 66.0 Å². The molecule has 5 rings (SSSR count). The number of fused-ring (bicyclic) bond motifs is 1. The summed E-state index contributed by atoms with van der Waals surface area (Å²) in [6.45, 7) is 1.71. The second kappa shape index (κ2) is 10.7. The summed E-state index contributed by atoms with van der Waals surface area (Å²) in [6.07, 6.45) is 4.24. The van der Waals surface area contributed by atoms with E-state index in [1.807, 2.05) is 0 Å². The third-order valence-electron chi connectivity index (χ3n) is 6.18. The van der Waals surface area contributed by atoms with Gasteiger partial charge < -0.3 is 15.8 Å². The van der Waals surface area contributed by atoms with Crippen LogP contribution in [0.1, 0.15) is 29.9 Å². The number of nitrogens with two attached hydrogens (primary N) is 1. The molecule has 0 amide bonds. The molecule has 13 heteroatoms. The summed E-state index contributed by atoms with van der Waals surface area (Å²) < 4.78 is 35.5.